The Hall–Kier alpha value is -2.94. The molecule has 0 aromatic heterocycles. The number of fused-ring (bicyclic) bond motifs is 1. The molecule has 1 aromatic carbocycles. The van der Waals surface area contributed by atoms with E-state index in [-0.39, 0.29) is 35.8 Å². The van der Waals surface area contributed by atoms with Gasteiger partial charge in [0, 0.05) is 38.3 Å². The van der Waals surface area contributed by atoms with Gasteiger partial charge in [-0.3, -0.25) is 34.2 Å². The van der Waals surface area contributed by atoms with E-state index < -0.39 is 29.7 Å². The fraction of sp³-hybridized carbons (Fsp3) is 0.421. The highest BCUT2D eigenvalue weighted by molar-refractivity contribution is 6.27. The van der Waals surface area contributed by atoms with Crippen LogP contribution in [0.5, 0.6) is 0 Å². The SMILES string of the molecule is O=C1CCC(N2C(=O)c3ccc(N4CCN(C(=O)CCl)CC4)cc3C2=O)C(=O)N1. The van der Waals surface area contributed by atoms with Gasteiger partial charge in [-0.25, -0.2) is 0 Å². The molecule has 0 aliphatic carbocycles. The zero-order chi connectivity index (χ0) is 20.7. The number of imide groups is 2. The van der Waals surface area contributed by atoms with Crippen molar-refractivity contribution in [3.63, 3.8) is 0 Å². The topological polar surface area (TPSA) is 107 Å². The van der Waals surface area contributed by atoms with Crippen molar-refractivity contribution in [1.82, 2.24) is 15.1 Å². The van der Waals surface area contributed by atoms with Crippen molar-refractivity contribution in [2.24, 2.45) is 0 Å². The van der Waals surface area contributed by atoms with Gasteiger partial charge in [-0.1, -0.05) is 0 Å². The maximum absolute atomic E-state index is 12.9. The van der Waals surface area contributed by atoms with Crippen molar-refractivity contribution >= 4 is 46.8 Å². The highest BCUT2D eigenvalue weighted by Crippen LogP contribution is 2.31. The van der Waals surface area contributed by atoms with E-state index in [4.69, 9.17) is 11.6 Å². The molecule has 0 saturated carbocycles. The van der Waals surface area contributed by atoms with E-state index in [1.165, 1.54) is 0 Å². The third-order valence-electron chi connectivity index (χ3n) is 5.54. The highest BCUT2D eigenvalue weighted by Gasteiger charge is 2.44. The highest BCUT2D eigenvalue weighted by atomic mass is 35.5. The summed E-state index contributed by atoms with van der Waals surface area (Å²) in [5.74, 6) is -2.25. The van der Waals surface area contributed by atoms with E-state index in [2.05, 4.69) is 5.32 Å². The first-order chi connectivity index (χ1) is 13.9. The lowest BCUT2D eigenvalue weighted by molar-refractivity contribution is -0.136. The van der Waals surface area contributed by atoms with Gasteiger partial charge in [0.05, 0.1) is 11.1 Å². The zero-order valence-corrected chi connectivity index (χ0v) is 16.3. The summed E-state index contributed by atoms with van der Waals surface area (Å²) in [5.41, 5.74) is 1.27. The Morgan fingerprint density at radius 2 is 1.72 bits per heavy atom. The molecule has 1 aromatic rings. The maximum atomic E-state index is 12.9. The molecule has 0 bridgehead atoms. The van der Waals surface area contributed by atoms with E-state index in [0.717, 1.165) is 10.6 Å². The number of hydrogen-bond acceptors (Lipinski definition) is 6. The largest absolute Gasteiger partial charge is 0.368 e. The van der Waals surface area contributed by atoms with E-state index in [0.29, 0.717) is 26.2 Å². The number of anilines is 1. The predicted octanol–water partition coefficient (Wildman–Crippen LogP) is -0.0248. The molecule has 3 aliphatic heterocycles. The minimum atomic E-state index is -0.978. The number of benzene rings is 1. The molecule has 3 heterocycles. The van der Waals surface area contributed by atoms with Crippen molar-refractivity contribution in [2.75, 3.05) is 37.0 Å². The summed E-state index contributed by atoms with van der Waals surface area (Å²) in [7, 11) is 0. The Kier molecular flexibility index (Phi) is 4.99. The number of nitrogens with zero attached hydrogens (tertiary/aromatic N) is 3. The smallest absolute Gasteiger partial charge is 0.262 e. The Balaban J connectivity index is 1.53. The number of piperidine rings is 1. The van der Waals surface area contributed by atoms with Gasteiger partial charge >= 0.3 is 0 Å². The molecule has 4 rings (SSSR count). The first-order valence-corrected chi connectivity index (χ1v) is 9.88. The van der Waals surface area contributed by atoms with Gasteiger partial charge in [0.2, 0.25) is 17.7 Å². The van der Waals surface area contributed by atoms with Crippen LogP contribution in [-0.4, -0.2) is 77.4 Å². The van der Waals surface area contributed by atoms with Crippen LogP contribution in [0.2, 0.25) is 0 Å². The van der Waals surface area contributed by atoms with Crippen molar-refractivity contribution in [3.05, 3.63) is 29.3 Å². The molecular weight excluding hydrogens is 400 g/mol. The van der Waals surface area contributed by atoms with Crippen molar-refractivity contribution in [2.45, 2.75) is 18.9 Å². The van der Waals surface area contributed by atoms with Crippen LogP contribution < -0.4 is 10.2 Å². The van der Waals surface area contributed by atoms with Crippen molar-refractivity contribution in [1.29, 1.82) is 0 Å². The number of piperazine rings is 1. The third kappa shape index (κ3) is 3.35. The number of rotatable bonds is 3. The van der Waals surface area contributed by atoms with Crippen LogP contribution in [0.4, 0.5) is 5.69 Å². The fourth-order valence-electron chi connectivity index (χ4n) is 3.95. The molecule has 10 heteroatoms. The second kappa shape index (κ2) is 7.47. The lowest BCUT2D eigenvalue weighted by atomic mass is 10.0. The quantitative estimate of drug-likeness (QED) is 0.546. The Labute approximate surface area is 171 Å². The zero-order valence-electron chi connectivity index (χ0n) is 15.5. The van der Waals surface area contributed by atoms with E-state index >= 15 is 0 Å². The van der Waals surface area contributed by atoms with Crippen LogP contribution in [0.15, 0.2) is 18.2 Å². The Morgan fingerprint density at radius 1 is 1.03 bits per heavy atom. The van der Waals surface area contributed by atoms with Crippen LogP contribution in [0.1, 0.15) is 33.6 Å². The summed E-state index contributed by atoms with van der Waals surface area (Å²) in [6.45, 7) is 2.22. The van der Waals surface area contributed by atoms with Gasteiger partial charge in [-0.2, -0.15) is 0 Å². The fourth-order valence-corrected chi connectivity index (χ4v) is 4.12. The predicted molar refractivity (Wildman–Crippen MR) is 103 cm³/mol. The summed E-state index contributed by atoms with van der Waals surface area (Å²) >= 11 is 5.60. The van der Waals surface area contributed by atoms with Gasteiger partial charge in [-0.15, -0.1) is 11.6 Å². The minimum Gasteiger partial charge on any atom is -0.368 e. The van der Waals surface area contributed by atoms with Crippen molar-refractivity contribution in [3.8, 4) is 0 Å². The molecule has 29 heavy (non-hydrogen) atoms. The third-order valence-corrected chi connectivity index (χ3v) is 5.76. The average Bonchev–Trinajstić information content (AvgIpc) is 2.98. The second-order valence-corrected chi connectivity index (χ2v) is 7.45. The number of carbonyl (C=O) groups excluding carboxylic acids is 5. The van der Waals surface area contributed by atoms with Crippen molar-refractivity contribution < 1.29 is 24.0 Å². The van der Waals surface area contributed by atoms with Gasteiger partial charge < -0.3 is 9.80 Å². The number of nitrogens with one attached hydrogen (secondary N) is 1. The Morgan fingerprint density at radius 3 is 2.38 bits per heavy atom. The molecule has 152 valence electrons. The normalized spacial score (nSPS) is 22.1. The number of amides is 5. The summed E-state index contributed by atoms with van der Waals surface area (Å²) < 4.78 is 0. The minimum absolute atomic E-state index is 0.0500. The van der Waals surface area contributed by atoms with E-state index in [1.54, 1.807) is 23.1 Å². The molecule has 2 saturated heterocycles. The van der Waals surface area contributed by atoms with Crippen LogP contribution >= 0.6 is 11.6 Å². The number of halogens is 1. The molecule has 1 atom stereocenters. The van der Waals surface area contributed by atoms with Crippen LogP contribution in [0.3, 0.4) is 0 Å². The summed E-state index contributed by atoms with van der Waals surface area (Å²) in [6, 6.07) is 4.03. The first-order valence-electron chi connectivity index (χ1n) is 9.35. The molecule has 0 spiro atoms. The van der Waals surface area contributed by atoms with Gasteiger partial charge in [0.25, 0.3) is 11.8 Å². The van der Waals surface area contributed by atoms with Crippen LogP contribution in [0.25, 0.3) is 0 Å². The molecule has 3 aliphatic rings. The van der Waals surface area contributed by atoms with Crippen LogP contribution in [-0.2, 0) is 14.4 Å². The first kappa shape index (κ1) is 19.4. The van der Waals surface area contributed by atoms with E-state index in [9.17, 15) is 24.0 Å². The maximum Gasteiger partial charge on any atom is 0.262 e. The second-order valence-electron chi connectivity index (χ2n) is 7.18. The molecular formula is C19H19ClN4O5. The lowest BCUT2D eigenvalue weighted by Crippen LogP contribution is -2.54. The number of hydrogen-bond donors (Lipinski definition) is 1. The van der Waals surface area contributed by atoms with Gasteiger partial charge in [0.15, 0.2) is 0 Å². The Bertz CT molecular complexity index is 925. The number of carbonyl (C=O) groups is 5. The molecule has 5 amide bonds. The van der Waals surface area contributed by atoms with Gasteiger partial charge in [-0.05, 0) is 24.6 Å². The molecule has 1 N–H and O–H groups in total. The summed E-state index contributed by atoms with van der Waals surface area (Å²) in [6.07, 6.45) is 0.208. The van der Waals surface area contributed by atoms with Gasteiger partial charge in [0.1, 0.15) is 11.9 Å². The standard InChI is InChI=1S/C19H19ClN4O5/c20-10-16(26)23-7-5-22(6-8-23)11-1-2-12-13(9-11)19(29)24(18(12)28)14-3-4-15(25)21-17(14)27/h1-2,9,14H,3-8,10H2,(H,21,25,27). The monoisotopic (exact) mass is 418 g/mol. The average molecular weight is 419 g/mol. The lowest BCUT2D eigenvalue weighted by Gasteiger charge is -2.36. The van der Waals surface area contributed by atoms with E-state index in [1.807, 2.05) is 4.90 Å². The van der Waals surface area contributed by atoms with Crippen LogP contribution in [0, 0.1) is 0 Å². The molecule has 2 fully saturated rings. The molecule has 9 nitrogen and oxygen atoms in total. The number of alkyl halides is 1. The molecule has 0 radical (unpaired) electrons. The molecule has 1 unspecified atom stereocenters. The summed E-state index contributed by atoms with van der Waals surface area (Å²) in [5, 5.41) is 2.18. The summed E-state index contributed by atoms with van der Waals surface area (Å²) in [4.78, 5) is 65.5.